The number of nitrogens with zero attached hydrogens (tertiary/aromatic N) is 1. The van der Waals surface area contributed by atoms with E-state index < -0.39 is 6.10 Å². The molecule has 2 unspecified atom stereocenters. The number of hydrogen-bond donors (Lipinski definition) is 1. The second-order valence-corrected chi connectivity index (χ2v) is 7.24. The Balaban J connectivity index is 1.40. The first kappa shape index (κ1) is 16.1. The van der Waals surface area contributed by atoms with E-state index in [0.717, 1.165) is 13.1 Å². The van der Waals surface area contributed by atoms with Crippen LogP contribution in [0.5, 0.6) is 0 Å². The molecule has 2 aromatic rings. The highest BCUT2D eigenvalue weighted by Crippen LogP contribution is 2.24. The van der Waals surface area contributed by atoms with Gasteiger partial charge in [0.25, 0.3) is 0 Å². The zero-order chi connectivity index (χ0) is 15.2. The highest BCUT2D eigenvalue weighted by molar-refractivity contribution is 7.09. The van der Waals surface area contributed by atoms with E-state index in [4.69, 9.17) is 9.47 Å². The molecular weight excluding hydrogens is 318 g/mol. The summed E-state index contributed by atoms with van der Waals surface area (Å²) >= 11 is 3.37. The van der Waals surface area contributed by atoms with Crippen LogP contribution in [0, 0.1) is 0 Å². The van der Waals surface area contributed by atoms with Crippen LogP contribution in [0.25, 0.3) is 0 Å². The van der Waals surface area contributed by atoms with Crippen LogP contribution in [0.4, 0.5) is 0 Å². The van der Waals surface area contributed by atoms with Crippen molar-refractivity contribution in [3.05, 3.63) is 44.8 Å². The summed E-state index contributed by atoms with van der Waals surface area (Å²) in [6.45, 7) is 3.99. The minimum atomic E-state index is -0.457. The van der Waals surface area contributed by atoms with E-state index in [1.807, 2.05) is 17.5 Å². The van der Waals surface area contributed by atoms with Crippen LogP contribution >= 0.6 is 22.7 Å². The number of thiophene rings is 2. The summed E-state index contributed by atoms with van der Waals surface area (Å²) in [6.07, 6.45) is -0.333. The second-order valence-electron chi connectivity index (χ2n) is 5.42. The average Bonchev–Trinajstić information content (AvgIpc) is 3.21. The van der Waals surface area contributed by atoms with Gasteiger partial charge in [-0.2, -0.15) is 11.3 Å². The maximum Gasteiger partial charge on any atom is 0.0960 e. The van der Waals surface area contributed by atoms with Crippen LogP contribution in [0.2, 0.25) is 0 Å². The summed E-state index contributed by atoms with van der Waals surface area (Å²) < 4.78 is 11.4. The van der Waals surface area contributed by atoms with Crippen molar-refractivity contribution in [2.75, 3.05) is 32.8 Å². The lowest BCUT2D eigenvalue weighted by molar-refractivity contribution is -0.0533. The Labute approximate surface area is 138 Å². The molecule has 0 spiro atoms. The summed E-state index contributed by atoms with van der Waals surface area (Å²) in [7, 11) is 0. The highest BCUT2D eigenvalue weighted by atomic mass is 32.1. The van der Waals surface area contributed by atoms with E-state index >= 15 is 0 Å². The SMILES string of the molecule is OC(COCc1cccs1)CN1CCOC(c2ccsc2)C1. The highest BCUT2D eigenvalue weighted by Gasteiger charge is 2.23. The molecule has 1 saturated heterocycles. The van der Waals surface area contributed by atoms with Crippen LogP contribution in [-0.2, 0) is 16.1 Å². The molecular formula is C16H21NO3S2. The summed E-state index contributed by atoms with van der Waals surface area (Å²) in [4.78, 5) is 3.45. The number of ether oxygens (including phenoxy) is 2. The molecule has 0 aromatic carbocycles. The van der Waals surface area contributed by atoms with Gasteiger partial charge in [0.2, 0.25) is 0 Å². The van der Waals surface area contributed by atoms with Gasteiger partial charge < -0.3 is 14.6 Å². The topological polar surface area (TPSA) is 41.9 Å². The zero-order valence-electron chi connectivity index (χ0n) is 12.4. The Morgan fingerprint density at radius 3 is 3.14 bits per heavy atom. The van der Waals surface area contributed by atoms with E-state index in [1.165, 1.54) is 10.4 Å². The lowest BCUT2D eigenvalue weighted by Gasteiger charge is -2.33. The molecule has 3 rings (SSSR count). The van der Waals surface area contributed by atoms with Gasteiger partial charge in [-0.05, 0) is 33.8 Å². The van der Waals surface area contributed by atoms with Crippen molar-refractivity contribution in [2.45, 2.75) is 18.8 Å². The van der Waals surface area contributed by atoms with Crippen molar-refractivity contribution in [3.63, 3.8) is 0 Å². The third-order valence-electron chi connectivity index (χ3n) is 3.67. The molecule has 0 aliphatic carbocycles. The van der Waals surface area contributed by atoms with Gasteiger partial charge in [-0.3, -0.25) is 4.90 Å². The molecule has 1 N–H and O–H groups in total. The summed E-state index contributed by atoms with van der Waals surface area (Å²) in [5.74, 6) is 0. The molecule has 2 aromatic heterocycles. The van der Waals surface area contributed by atoms with Gasteiger partial charge in [0, 0.05) is 24.5 Å². The van der Waals surface area contributed by atoms with Crippen molar-refractivity contribution in [2.24, 2.45) is 0 Å². The fraction of sp³-hybridized carbons (Fsp3) is 0.500. The Morgan fingerprint density at radius 2 is 2.36 bits per heavy atom. The molecule has 1 aliphatic heterocycles. The molecule has 0 saturated carbocycles. The first-order valence-electron chi connectivity index (χ1n) is 7.45. The lowest BCUT2D eigenvalue weighted by Crippen LogP contribution is -2.43. The Kier molecular flexibility index (Phi) is 6.00. The van der Waals surface area contributed by atoms with Crippen molar-refractivity contribution < 1.29 is 14.6 Å². The minimum absolute atomic E-state index is 0.124. The quantitative estimate of drug-likeness (QED) is 0.842. The van der Waals surface area contributed by atoms with Gasteiger partial charge >= 0.3 is 0 Å². The molecule has 2 atom stereocenters. The van der Waals surface area contributed by atoms with Crippen LogP contribution in [-0.4, -0.2) is 49.0 Å². The monoisotopic (exact) mass is 339 g/mol. The molecule has 0 radical (unpaired) electrons. The third kappa shape index (κ3) is 4.62. The number of morpholine rings is 1. The maximum atomic E-state index is 10.1. The first-order chi connectivity index (χ1) is 10.8. The molecule has 120 valence electrons. The summed E-state index contributed by atoms with van der Waals surface area (Å²) in [6, 6.07) is 6.17. The molecule has 3 heterocycles. The van der Waals surface area contributed by atoms with Gasteiger partial charge in [0.05, 0.1) is 32.0 Å². The van der Waals surface area contributed by atoms with Crippen molar-refractivity contribution in [1.82, 2.24) is 4.90 Å². The Morgan fingerprint density at radius 1 is 1.41 bits per heavy atom. The van der Waals surface area contributed by atoms with E-state index in [2.05, 4.69) is 21.7 Å². The van der Waals surface area contributed by atoms with Crippen molar-refractivity contribution >= 4 is 22.7 Å². The first-order valence-corrected chi connectivity index (χ1v) is 9.28. The summed E-state index contributed by atoms with van der Waals surface area (Å²) in [5.41, 5.74) is 1.23. The van der Waals surface area contributed by atoms with Crippen LogP contribution in [0.15, 0.2) is 34.3 Å². The van der Waals surface area contributed by atoms with Gasteiger partial charge in [-0.1, -0.05) is 6.07 Å². The lowest BCUT2D eigenvalue weighted by atomic mass is 10.1. The molecule has 0 amide bonds. The van der Waals surface area contributed by atoms with Gasteiger partial charge in [-0.25, -0.2) is 0 Å². The number of rotatable bonds is 7. The summed E-state index contributed by atoms with van der Waals surface area (Å²) in [5, 5.41) is 16.4. The average molecular weight is 339 g/mol. The number of aliphatic hydroxyl groups is 1. The minimum Gasteiger partial charge on any atom is -0.389 e. The van der Waals surface area contributed by atoms with Crippen molar-refractivity contribution in [3.8, 4) is 0 Å². The number of β-amino-alcohol motifs (C(OH)–C–C–N with tert-alkyl or cyclic N) is 1. The smallest absolute Gasteiger partial charge is 0.0960 e. The Hall–Kier alpha value is -0.760. The van der Waals surface area contributed by atoms with E-state index in [9.17, 15) is 5.11 Å². The third-order valence-corrected chi connectivity index (χ3v) is 5.22. The zero-order valence-corrected chi connectivity index (χ0v) is 14.0. The van der Waals surface area contributed by atoms with Crippen LogP contribution < -0.4 is 0 Å². The molecule has 1 fully saturated rings. The predicted octanol–water partition coefficient (Wildman–Crippen LogP) is 2.76. The van der Waals surface area contributed by atoms with Gasteiger partial charge in [-0.15, -0.1) is 11.3 Å². The number of hydrogen-bond acceptors (Lipinski definition) is 6. The molecule has 6 heteroatoms. The van der Waals surface area contributed by atoms with E-state index in [0.29, 0.717) is 26.4 Å². The molecule has 4 nitrogen and oxygen atoms in total. The fourth-order valence-corrected chi connectivity index (χ4v) is 3.91. The normalized spacial score (nSPS) is 21.0. The van der Waals surface area contributed by atoms with Gasteiger partial charge in [0.15, 0.2) is 0 Å². The van der Waals surface area contributed by atoms with Crippen molar-refractivity contribution in [1.29, 1.82) is 0 Å². The molecule has 1 aliphatic rings. The largest absolute Gasteiger partial charge is 0.389 e. The van der Waals surface area contributed by atoms with Crippen LogP contribution in [0.3, 0.4) is 0 Å². The second kappa shape index (κ2) is 8.19. The fourth-order valence-electron chi connectivity index (χ4n) is 2.57. The molecule has 22 heavy (non-hydrogen) atoms. The number of aliphatic hydroxyl groups excluding tert-OH is 1. The van der Waals surface area contributed by atoms with E-state index in [-0.39, 0.29) is 6.10 Å². The Bertz CT molecular complexity index is 530. The maximum absolute atomic E-state index is 10.1. The predicted molar refractivity (Wildman–Crippen MR) is 89.4 cm³/mol. The van der Waals surface area contributed by atoms with Crippen LogP contribution in [0.1, 0.15) is 16.5 Å². The van der Waals surface area contributed by atoms with Gasteiger partial charge in [0.1, 0.15) is 0 Å². The molecule has 0 bridgehead atoms. The van der Waals surface area contributed by atoms with E-state index in [1.54, 1.807) is 22.7 Å². The standard InChI is InChI=1S/C16H21NO3S2/c18-14(10-19-11-15-2-1-6-22-15)8-17-4-5-20-16(9-17)13-3-7-21-12-13/h1-3,6-7,12,14,16,18H,4-5,8-11H2.